The molecule has 0 saturated heterocycles. The highest BCUT2D eigenvalue weighted by atomic mass is 16.5. The number of methoxy groups -OCH3 is 1. The fraction of sp³-hybridized carbons (Fsp3) is 0.200. The van der Waals surface area contributed by atoms with Crippen molar-refractivity contribution in [3.63, 3.8) is 0 Å². The van der Waals surface area contributed by atoms with Gasteiger partial charge in [-0.3, -0.25) is 4.79 Å². The maximum atomic E-state index is 11.9. The van der Waals surface area contributed by atoms with Crippen molar-refractivity contribution >= 4 is 11.9 Å². The van der Waals surface area contributed by atoms with Crippen LogP contribution in [0.3, 0.4) is 0 Å². The smallest absolute Gasteiger partial charge is 0.371 e. The molecule has 110 valence electrons. The number of amides is 1. The SMILES string of the molecule is COCc1ccc(C(=O)NCc2ccc(C(=O)O)o2)cc1. The van der Waals surface area contributed by atoms with E-state index in [1.165, 1.54) is 12.1 Å². The summed E-state index contributed by atoms with van der Waals surface area (Å²) in [5.74, 6) is -1.16. The largest absolute Gasteiger partial charge is 0.475 e. The molecule has 2 rings (SSSR count). The molecule has 1 aromatic heterocycles. The fourth-order valence-electron chi connectivity index (χ4n) is 1.78. The molecule has 0 atom stereocenters. The number of nitrogens with one attached hydrogen (secondary N) is 1. The van der Waals surface area contributed by atoms with Crippen LogP contribution in [-0.2, 0) is 17.9 Å². The first-order valence-corrected chi connectivity index (χ1v) is 6.28. The Morgan fingerprint density at radius 1 is 1.19 bits per heavy atom. The van der Waals surface area contributed by atoms with E-state index in [2.05, 4.69) is 5.32 Å². The molecule has 2 aromatic rings. The quantitative estimate of drug-likeness (QED) is 0.849. The molecule has 0 saturated carbocycles. The van der Waals surface area contributed by atoms with E-state index in [0.717, 1.165) is 5.56 Å². The second-order valence-electron chi connectivity index (χ2n) is 4.38. The number of hydrogen-bond acceptors (Lipinski definition) is 4. The van der Waals surface area contributed by atoms with Gasteiger partial charge in [-0.1, -0.05) is 12.1 Å². The van der Waals surface area contributed by atoms with Gasteiger partial charge in [-0.2, -0.15) is 0 Å². The van der Waals surface area contributed by atoms with Crippen LogP contribution in [0, 0.1) is 0 Å². The third kappa shape index (κ3) is 3.93. The average Bonchev–Trinajstić information content (AvgIpc) is 2.95. The van der Waals surface area contributed by atoms with E-state index in [1.54, 1.807) is 19.2 Å². The first kappa shape index (κ1) is 14.8. The molecule has 21 heavy (non-hydrogen) atoms. The molecular formula is C15H15NO5. The minimum absolute atomic E-state index is 0.131. The Morgan fingerprint density at radius 2 is 1.90 bits per heavy atom. The van der Waals surface area contributed by atoms with E-state index < -0.39 is 5.97 Å². The topological polar surface area (TPSA) is 88.8 Å². The lowest BCUT2D eigenvalue weighted by Crippen LogP contribution is -2.22. The molecule has 1 amide bonds. The Balaban J connectivity index is 1.92. The highest BCUT2D eigenvalue weighted by Gasteiger charge is 2.10. The van der Waals surface area contributed by atoms with Crippen molar-refractivity contribution in [3.8, 4) is 0 Å². The molecule has 0 spiro atoms. The number of ether oxygens (including phenoxy) is 1. The zero-order valence-corrected chi connectivity index (χ0v) is 11.5. The van der Waals surface area contributed by atoms with Crippen LogP contribution in [0.15, 0.2) is 40.8 Å². The lowest BCUT2D eigenvalue weighted by atomic mass is 10.1. The lowest BCUT2D eigenvalue weighted by Gasteiger charge is -2.05. The van der Waals surface area contributed by atoms with Crippen molar-refractivity contribution in [2.45, 2.75) is 13.2 Å². The van der Waals surface area contributed by atoms with Gasteiger partial charge in [0.05, 0.1) is 13.2 Å². The number of aromatic carboxylic acids is 1. The Kier molecular flexibility index (Phi) is 4.73. The Morgan fingerprint density at radius 3 is 2.48 bits per heavy atom. The lowest BCUT2D eigenvalue weighted by molar-refractivity contribution is 0.0660. The zero-order valence-electron chi connectivity index (χ0n) is 11.5. The second kappa shape index (κ2) is 6.71. The fourth-order valence-corrected chi connectivity index (χ4v) is 1.78. The molecule has 1 aromatic carbocycles. The van der Waals surface area contributed by atoms with E-state index in [9.17, 15) is 9.59 Å². The molecule has 0 fully saturated rings. The van der Waals surface area contributed by atoms with Gasteiger partial charge >= 0.3 is 5.97 Å². The Labute approximate surface area is 121 Å². The number of hydrogen-bond donors (Lipinski definition) is 2. The monoisotopic (exact) mass is 289 g/mol. The maximum Gasteiger partial charge on any atom is 0.371 e. The van der Waals surface area contributed by atoms with Crippen LogP contribution in [-0.4, -0.2) is 24.1 Å². The molecule has 0 radical (unpaired) electrons. The summed E-state index contributed by atoms with van der Waals surface area (Å²) in [7, 11) is 1.61. The highest BCUT2D eigenvalue weighted by molar-refractivity contribution is 5.94. The number of carbonyl (C=O) groups excluding carboxylic acids is 1. The van der Waals surface area contributed by atoms with Gasteiger partial charge in [-0.25, -0.2) is 4.79 Å². The number of carboxylic acids is 1. The van der Waals surface area contributed by atoms with E-state index in [1.807, 2.05) is 12.1 Å². The van der Waals surface area contributed by atoms with Crippen molar-refractivity contribution in [2.75, 3.05) is 7.11 Å². The first-order chi connectivity index (χ1) is 10.1. The average molecular weight is 289 g/mol. The molecule has 2 N–H and O–H groups in total. The van der Waals surface area contributed by atoms with Gasteiger partial charge in [-0.15, -0.1) is 0 Å². The Hall–Kier alpha value is -2.60. The summed E-state index contributed by atoms with van der Waals surface area (Å²) in [6.45, 7) is 0.623. The van der Waals surface area contributed by atoms with Crippen LogP contribution in [0.4, 0.5) is 0 Å². The van der Waals surface area contributed by atoms with E-state index in [0.29, 0.717) is 17.9 Å². The molecule has 6 nitrogen and oxygen atoms in total. The highest BCUT2D eigenvalue weighted by Crippen LogP contribution is 2.09. The van der Waals surface area contributed by atoms with Crippen LogP contribution in [0.2, 0.25) is 0 Å². The van der Waals surface area contributed by atoms with E-state index in [-0.39, 0.29) is 18.2 Å². The summed E-state index contributed by atoms with van der Waals surface area (Å²) in [5.41, 5.74) is 1.49. The van der Waals surface area contributed by atoms with Crippen LogP contribution in [0.5, 0.6) is 0 Å². The van der Waals surface area contributed by atoms with E-state index in [4.69, 9.17) is 14.3 Å². The third-order valence-corrected chi connectivity index (χ3v) is 2.82. The Bertz CT molecular complexity index is 630. The zero-order chi connectivity index (χ0) is 15.2. The minimum atomic E-state index is -1.14. The molecule has 0 aliphatic rings. The number of benzene rings is 1. The molecule has 1 heterocycles. The predicted molar refractivity (Wildman–Crippen MR) is 74.0 cm³/mol. The summed E-state index contributed by atoms with van der Waals surface area (Å²) < 4.78 is 10.0. The van der Waals surface area contributed by atoms with Crippen LogP contribution in [0.1, 0.15) is 32.2 Å². The van der Waals surface area contributed by atoms with Crippen molar-refractivity contribution in [1.29, 1.82) is 0 Å². The summed E-state index contributed by atoms with van der Waals surface area (Å²) in [6.07, 6.45) is 0. The number of carboxylic acid groups (broad SMARTS) is 1. The maximum absolute atomic E-state index is 11.9. The van der Waals surface area contributed by atoms with Gasteiger partial charge in [0, 0.05) is 12.7 Å². The predicted octanol–water partition coefficient (Wildman–Crippen LogP) is 2.05. The second-order valence-corrected chi connectivity index (χ2v) is 4.38. The first-order valence-electron chi connectivity index (χ1n) is 6.28. The molecule has 0 bridgehead atoms. The van der Waals surface area contributed by atoms with E-state index >= 15 is 0 Å². The molecule has 0 unspecified atom stereocenters. The standard InChI is InChI=1S/C15H15NO5/c1-20-9-10-2-4-11(5-3-10)14(17)16-8-12-6-7-13(21-12)15(18)19/h2-7H,8-9H2,1H3,(H,16,17)(H,18,19). The summed E-state index contributed by atoms with van der Waals surface area (Å²) in [5, 5.41) is 11.4. The summed E-state index contributed by atoms with van der Waals surface area (Å²) in [4.78, 5) is 22.6. The van der Waals surface area contributed by atoms with Gasteiger partial charge in [-0.05, 0) is 29.8 Å². The van der Waals surface area contributed by atoms with Crippen molar-refractivity contribution in [3.05, 3.63) is 59.0 Å². The summed E-state index contributed by atoms with van der Waals surface area (Å²) >= 11 is 0. The van der Waals surface area contributed by atoms with Gasteiger partial charge < -0.3 is 19.6 Å². The normalized spacial score (nSPS) is 10.3. The summed E-state index contributed by atoms with van der Waals surface area (Å²) in [6, 6.07) is 9.90. The van der Waals surface area contributed by atoms with Gasteiger partial charge in [0.2, 0.25) is 5.76 Å². The van der Waals surface area contributed by atoms with Gasteiger partial charge in [0.15, 0.2) is 0 Å². The van der Waals surface area contributed by atoms with Gasteiger partial charge in [0.25, 0.3) is 5.91 Å². The van der Waals surface area contributed by atoms with Crippen LogP contribution in [0.25, 0.3) is 0 Å². The third-order valence-electron chi connectivity index (χ3n) is 2.82. The minimum Gasteiger partial charge on any atom is -0.475 e. The molecule has 6 heteroatoms. The van der Waals surface area contributed by atoms with Crippen LogP contribution < -0.4 is 5.32 Å². The van der Waals surface area contributed by atoms with Crippen molar-refractivity contribution < 1.29 is 23.8 Å². The molecular weight excluding hydrogens is 274 g/mol. The number of carbonyl (C=O) groups is 2. The number of rotatable bonds is 6. The van der Waals surface area contributed by atoms with Crippen molar-refractivity contribution in [2.24, 2.45) is 0 Å². The molecule has 0 aliphatic carbocycles. The molecule has 0 aliphatic heterocycles. The van der Waals surface area contributed by atoms with Gasteiger partial charge in [0.1, 0.15) is 5.76 Å². The van der Waals surface area contributed by atoms with Crippen molar-refractivity contribution in [1.82, 2.24) is 5.32 Å². The number of furan rings is 1. The van der Waals surface area contributed by atoms with Crippen LogP contribution >= 0.6 is 0 Å².